The molecule has 1 aliphatic carbocycles. The molecule has 2 N–H and O–H groups in total. The lowest BCUT2D eigenvalue weighted by Crippen LogP contribution is -2.54. The molecule has 4 nitrogen and oxygen atoms in total. The van der Waals surface area contributed by atoms with Crippen LogP contribution in [0.15, 0.2) is 60.7 Å². The maximum absolute atomic E-state index is 12.9. The molecule has 1 amide bonds. The molecular weight excluding hydrogens is 312 g/mol. The molecule has 1 aliphatic rings. The van der Waals surface area contributed by atoms with Crippen LogP contribution in [0.1, 0.15) is 52.8 Å². The number of amides is 1. The fraction of sp³-hybridized carbons (Fsp3) is 0.333. The lowest BCUT2D eigenvalue weighted by Gasteiger charge is -2.28. The van der Waals surface area contributed by atoms with Crippen molar-refractivity contribution in [3.05, 3.63) is 71.8 Å². The molecule has 1 saturated carbocycles. The lowest BCUT2D eigenvalue weighted by atomic mass is 9.95. The van der Waals surface area contributed by atoms with Gasteiger partial charge in [-0.25, -0.2) is 0 Å². The summed E-state index contributed by atoms with van der Waals surface area (Å²) in [5.41, 5.74) is 1.16. The van der Waals surface area contributed by atoms with Crippen molar-refractivity contribution in [1.29, 1.82) is 0 Å². The van der Waals surface area contributed by atoms with Crippen molar-refractivity contribution in [2.75, 3.05) is 0 Å². The molecule has 0 radical (unpaired) electrons. The van der Waals surface area contributed by atoms with E-state index in [2.05, 4.69) is 10.6 Å². The van der Waals surface area contributed by atoms with Gasteiger partial charge < -0.3 is 5.32 Å². The van der Waals surface area contributed by atoms with E-state index in [1.165, 1.54) is 6.42 Å². The summed E-state index contributed by atoms with van der Waals surface area (Å²) < 4.78 is 0. The molecule has 3 rings (SSSR count). The zero-order valence-corrected chi connectivity index (χ0v) is 14.3. The summed E-state index contributed by atoms with van der Waals surface area (Å²) in [5, 5.41) is 6.25. The van der Waals surface area contributed by atoms with Gasteiger partial charge in [-0.05, 0) is 25.0 Å². The number of ketones is 1. The number of nitrogens with one attached hydrogen (secondary N) is 2. The Labute approximate surface area is 148 Å². The number of benzene rings is 2. The summed E-state index contributed by atoms with van der Waals surface area (Å²) >= 11 is 0. The third-order valence-electron chi connectivity index (χ3n) is 4.64. The van der Waals surface area contributed by atoms with Gasteiger partial charge in [-0.2, -0.15) is 0 Å². The Balaban J connectivity index is 1.75. The first kappa shape index (κ1) is 17.4. The number of hydrogen-bond donors (Lipinski definition) is 2. The predicted molar refractivity (Wildman–Crippen MR) is 98.5 cm³/mol. The highest BCUT2D eigenvalue weighted by molar-refractivity contribution is 6.04. The second kappa shape index (κ2) is 8.58. The highest BCUT2D eigenvalue weighted by atomic mass is 16.2. The first-order valence-corrected chi connectivity index (χ1v) is 8.95. The average molecular weight is 336 g/mol. The molecule has 130 valence electrons. The molecule has 2 aromatic carbocycles. The SMILES string of the molecule is O=C(N[C@@H](NC1CCCCC1)C(=O)c1ccccc1)c1ccccc1. The minimum atomic E-state index is -0.710. The van der Waals surface area contributed by atoms with Gasteiger partial charge in [0.05, 0.1) is 0 Å². The van der Waals surface area contributed by atoms with Crippen LogP contribution in [0.5, 0.6) is 0 Å². The average Bonchev–Trinajstić information content (AvgIpc) is 2.69. The Hall–Kier alpha value is -2.46. The maximum atomic E-state index is 12.9. The van der Waals surface area contributed by atoms with Crippen LogP contribution in [0, 0.1) is 0 Å². The van der Waals surface area contributed by atoms with Crippen molar-refractivity contribution in [3.63, 3.8) is 0 Å². The number of rotatable bonds is 6. The summed E-state index contributed by atoms with van der Waals surface area (Å²) in [6.45, 7) is 0. The van der Waals surface area contributed by atoms with Crippen molar-refractivity contribution in [2.24, 2.45) is 0 Å². The summed E-state index contributed by atoms with van der Waals surface area (Å²) in [6, 6.07) is 18.4. The number of hydrogen-bond acceptors (Lipinski definition) is 3. The normalized spacial score (nSPS) is 16.2. The van der Waals surface area contributed by atoms with Crippen LogP contribution in [0.4, 0.5) is 0 Å². The Bertz CT molecular complexity index is 694. The zero-order valence-electron chi connectivity index (χ0n) is 14.3. The van der Waals surface area contributed by atoms with Gasteiger partial charge in [0, 0.05) is 17.2 Å². The number of Topliss-reactive ketones (excluding diaryl/α,β-unsaturated/α-hetero) is 1. The molecule has 1 atom stereocenters. The molecule has 0 aromatic heterocycles. The predicted octanol–water partition coefficient (Wildman–Crippen LogP) is 3.55. The van der Waals surface area contributed by atoms with E-state index in [9.17, 15) is 9.59 Å². The molecule has 25 heavy (non-hydrogen) atoms. The summed E-state index contributed by atoms with van der Waals surface area (Å²) in [5.74, 6) is -0.339. The lowest BCUT2D eigenvalue weighted by molar-refractivity contribution is 0.0824. The van der Waals surface area contributed by atoms with E-state index in [-0.39, 0.29) is 17.7 Å². The van der Waals surface area contributed by atoms with Gasteiger partial charge in [0.15, 0.2) is 5.78 Å². The van der Waals surface area contributed by atoms with Crippen molar-refractivity contribution >= 4 is 11.7 Å². The third kappa shape index (κ3) is 4.77. The van der Waals surface area contributed by atoms with Gasteiger partial charge in [-0.1, -0.05) is 67.8 Å². The van der Waals surface area contributed by atoms with E-state index in [0.29, 0.717) is 11.1 Å². The maximum Gasteiger partial charge on any atom is 0.252 e. The Morgan fingerprint density at radius 3 is 1.96 bits per heavy atom. The largest absolute Gasteiger partial charge is 0.330 e. The van der Waals surface area contributed by atoms with E-state index in [1.807, 2.05) is 36.4 Å². The highest BCUT2D eigenvalue weighted by Gasteiger charge is 2.26. The van der Waals surface area contributed by atoms with Crippen molar-refractivity contribution < 1.29 is 9.59 Å². The molecule has 1 fully saturated rings. The molecular formula is C21H24N2O2. The standard InChI is InChI=1S/C21H24N2O2/c24-19(16-10-4-1-5-11-16)20(22-18-14-8-3-9-15-18)23-21(25)17-12-6-2-7-13-17/h1-2,4-7,10-13,18,20,22H,3,8-9,14-15H2,(H,23,25)/t20-/m1/s1. The van der Waals surface area contributed by atoms with Crippen molar-refractivity contribution in [2.45, 2.75) is 44.3 Å². The minimum Gasteiger partial charge on any atom is -0.330 e. The minimum absolute atomic E-state index is 0.101. The summed E-state index contributed by atoms with van der Waals surface area (Å²) in [6.07, 6.45) is 4.94. The zero-order chi connectivity index (χ0) is 17.5. The van der Waals surface area contributed by atoms with Gasteiger partial charge in [0.25, 0.3) is 5.91 Å². The van der Waals surface area contributed by atoms with Gasteiger partial charge in [0.2, 0.25) is 0 Å². The fourth-order valence-corrected chi connectivity index (χ4v) is 3.26. The topological polar surface area (TPSA) is 58.2 Å². The van der Waals surface area contributed by atoms with E-state index >= 15 is 0 Å². The van der Waals surface area contributed by atoms with Crippen molar-refractivity contribution in [1.82, 2.24) is 10.6 Å². The van der Waals surface area contributed by atoms with Gasteiger partial charge in [-0.15, -0.1) is 0 Å². The third-order valence-corrected chi connectivity index (χ3v) is 4.64. The summed E-state index contributed by atoms with van der Waals surface area (Å²) in [4.78, 5) is 25.4. The molecule has 0 aliphatic heterocycles. The van der Waals surface area contributed by atoms with Crippen LogP contribution in [0.3, 0.4) is 0 Å². The van der Waals surface area contributed by atoms with Crippen LogP contribution in [-0.2, 0) is 0 Å². The van der Waals surface area contributed by atoms with E-state index in [4.69, 9.17) is 0 Å². The Kier molecular flexibility index (Phi) is 5.96. The molecule has 0 bridgehead atoms. The molecule has 2 aromatic rings. The second-order valence-electron chi connectivity index (χ2n) is 6.50. The Morgan fingerprint density at radius 2 is 1.36 bits per heavy atom. The smallest absolute Gasteiger partial charge is 0.252 e. The first-order chi connectivity index (χ1) is 12.2. The van der Waals surface area contributed by atoms with E-state index in [0.717, 1.165) is 25.7 Å². The van der Waals surface area contributed by atoms with Crippen LogP contribution in [0.2, 0.25) is 0 Å². The van der Waals surface area contributed by atoms with Gasteiger partial charge >= 0.3 is 0 Å². The van der Waals surface area contributed by atoms with Crippen LogP contribution >= 0.6 is 0 Å². The first-order valence-electron chi connectivity index (χ1n) is 8.95. The van der Waals surface area contributed by atoms with E-state index in [1.54, 1.807) is 24.3 Å². The van der Waals surface area contributed by atoms with Crippen LogP contribution < -0.4 is 10.6 Å². The fourth-order valence-electron chi connectivity index (χ4n) is 3.26. The molecule has 0 spiro atoms. The second-order valence-corrected chi connectivity index (χ2v) is 6.50. The molecule has 4 heteroatoms. The quantitative estimate of drug-likeness (QED) is 0.626. The van der Waals surface area contributed by atoms with Gasteiger partial charge in [0.1, 0.15) is 6.17 Å². The molecule has 0 unspecified atom stereocenters. The van der Waals surface area contributed by atoms with E-state index < -0.39 is 6.17 Å². The molecule has 0 heterocycles. The highest BCUT2D eigenvalue weighted by Crippen LogP contribution is 2.18. The van der Waals surface area contributed by atoms with Crippen LogP contribution in [0.25, 0.3) is 0 Å². The van der Waals surface area contributed by atoms with Crippen molar-refractivity contribution in [3.8, 4) is 0 Å². The number of carbonyl (C=O) groups is 2. The number of carbonyl (C=O) groups excluding carboxylic acids is 2. The molecule has 0 saturated heterocycles. The monoisotopic (exact) mass is 336 g/mol. The Morgan fingerprint density at radius 1 is 0.800 bits per heavy atom. The van der Waals surface area contributed by atoms with Crippen LogP contribution in [-0.4, -0.2) is 23.9 Å². The van der Waals surface area contributed by atoms with Gasteiger partial charge in [-0.3, -0.25) is 14.9 Å². The summed E-state index contributed by atoms with van der Waals surface area (Å²) in [7, 11) is 0.